The summed E-state index contributed by atoms with van der Waals surface area (Å²) >= 11 is 0. The Morgan fingerprint density at radius 3 is 2.40 bits per heavy atom. The molecule has 0 aromatic carbocycles. The third-order valence-corrected chi connectivity index (χ3v) is 2.92. The van der Waals surface area contributed by atoms with Crippen molar-refractivity contribution in [2.24, 2.45) is 5.92 Å². The van der Waals surface area contributed by atoms with E-state index < -0.39 is 0 Å². The average molecular weight is 213 g/mol. The first kappa shape index (κ1) is 12.5. The van der Waals surface area contributed by atoms with Crippen molar-refractivity contribution in [3.8, 4) is 0 Å². The molecule has 1 aliphatic rings. The Labute approximate surface area is 92.6 Å². The van der Waals surface area contributed by atoms with Gasteiger partial charge in [0.1, 0.15) is 0 Å². The largest absolute Gasteiger partial charge is 0.339 e. The molecule has 1 N–H and O–H groups in total. The minimum Gasteiger partial charge on any atom is -0.339 e. The first-order valence-electron chi connectivity index (χ1n) is 5.72. The number of rotatable bonds is 5. The van der Waals surface area contributed by atoms with Crippen LogP contribution < -0.4 is 5.32 Å². The summed E-state index contributed by atoms with van der Waals surface area (Å²) in [5.41, 5.74) is 0. The van der Waals surface area contributed by atoms with Crippen molar-refractivity contribution < 1.29 is 4.79 Å². The fourth-order valence-corrected chi connectivity index (χ4v) is 2.01. The van der Waals surface area contributed by atoms with Crippen LogP contribution in [-0.4, -0.2) is 62.0 Å². The molecule has 1 heterocycles. The van der Waals surface area contributed by atoms with E-state index in [1.54, 1.807) is 0 Å². The number of hydrogen-bond donors (Lipinski definition) is 1. The van der Waals surface area contributed by atoms with Crippen LogP contribution in [0.25, 0.3) is 0 Å². The van der Waals surface area contributed by atoms with Crippen molar-refractivity contribution in [3.63, 3.8) is 0 Å². The molecule has 4 nitrogen and oxygen atoms in total. The van der Waals surface area contributed by atoms with Crippen LogP contribution in [0.15, 0.2) is 0 Å². The molecule has 1 rings (SSSR count). The molecule has 0 aromatic rings. The van der Waals surface area contributed by atoms with Gasteiger partial charge in [-0.15, -0.1) is 0 Å². The van der Waals surface area contributed by atoms with Crippen molar-refractivity contribution >= 4 is 5.91 Å². The normalized spacial score (nSPS) is 18.7. The third kappa shape index (κ3) is 3.18. The van der Waals surface area contributed by atoms with E-state index in [0.29, 0.717) is 11.9 Å². The van der Waals surface area contributed by atoms with E-state index in [1.165, 1.54) is 0 Å². The maximum absolute atomic E-state index is 12.0. The molecular weight excluding hydrogens is 190 g/mol. The molecule has 4 heteroatoms. The fraction of sp³-hybridized carbons (Fsp3) is 0.909. The zero-order valence-electron chi connectivity index (χ0n) is 10.3. The van der Waals surface area contributed by atoms with Gasteiger partial charge in [-0.2, -0.15) is 0 Å². The molecule has 0 saturated carbocycles. The number of nitrogens with one attached hydrogen (secondary N) is 1. The highest BCUT2D eigenvalue weighted by molar-refractivity contribution is 5.80. The fourth-order valence-electron chi connectivity index (χ4n) is 2.01. The van der Waals surface area contributed by atoms with Gasteiger partial charge in [0.05, 0.1) is 5.92 Å². The van der Waals surface area contributed by atoms with Gasteiger partial charge in [0.15, 0.2) is 0 Å². The van der Waals surface area contributed by atoms with Crippen LogP contribution in [0, 0.1) is 5.92 Å². The number of carbonyl (C=O) groups is 1. The van der Waals surface area contributed by atoms with Gasteiger partial charge in [0.2, 0.25) is 5.91 Å². The van der Waals surface area contributed by atoms with Gasteiger partial charge in [-0.1, -0.05) is 0 Å². The van der Waals surface area contributed by atoms with Crippen molar-refractivity contribution in [2.75, 3.05) is 40.3 Å². The maximum Gasteiger partial charge on any atom is 0.228 e. The topological polar surface area (TPSA) is 35.6 Å². The summed E-state index contributed by atoms with van der Waals surface area (Å²) < 4.78 is 0. The second-order valence-electron chi connectivity index (χ2n) is 4.59. The molecule has 1 amide bonds. The van der Waals surface area contributed by atoms with E-state index in [2.05, 4.69) is 24.1 Å². The van der Waals surface area contributed by atoms with Crippen LogP contribution in [0.1, 0.15) is 13.8 Å². The minimum absolute atomic E-state index is 0.217. The lowest BCUT2D eigenvalue weighted by Gasteiger charge is -2.36. The highest BCUT2D eigenvalue weighted by Gasteiger charge is 2.30. The zero-order chi connectivity index (χ0) is 11.4. The summed E-state index contributed by atoms with van der Waals surface area (Å²) in [6.45, 7) is 7.61. The lowest BCUT2D eigenvalue weighted by Crippen LogP contribution is -2.55. The number of nitrogens with zero attached hydrogens (tertiary/aromatic N) is 2. The van der Waals surface area contributed by atoms with Crippen LogP contribution in [0.2, 0.25) is 0 Å². The molecule has 15 heavy (non-hydrogen) atoms. The standard InChI is InChI=1S/C11H23N3O/c1-5-14(9(2)8-13(3)4)11(15)10-6-12-7-10/h9-10,12H,5-8H2,1-4H3. The SMILES string of the molecule is CCN(C(=O)C1CNC1)C(C)CN(C)C. The molecule has 0 aromatic heterocycles. The Morgan fingerprint density at radius 1 is 1.47 bits per heavy atom. The van der Waals surface area contributed by atoms with Crippen LogP contribution in [0.4, 0.5) is 0 Å². The van der Waals surface area contributed by atoms with E-state index in [0.717, 1.165) is 26.2 Å². The number of likely N-dealkylation sites (N-methyl/N-ethyl adjacent to an activating group) is 2. The van der Waals surface area contributed by atoms with Crippen molar-refractivity contribution in [3.05, 3.63) is 0 Å². The molecule has 1 fully saturated rings. The smallest absolute Gasteiger partial charge is 0.228 e. The van der Waals surface area contributed by atoms with Crippen molar-refractivity contribution in [2.45, 2.75) is 19.9 Å². The monoisotopic (exact) mass is 213 g/mol. The van der Waals surface area contributed by atoms with Crippen LogP contribution in [0.3, 0.4) is 0 Å². The van der Waals surface area contributed by atoms with Gasteiger partial charge in [0, 0.05) is 32.2 Å². The number of amides is 1. The van der Waals surface area contributed by atoms with Crippen LogP contribution in [-0.2, 0) is 4.79 Å². The van der Waals surface area contributed by atoms with Gasteiger partial charge in [0.25, 0.3) is 0 Å². The van der Waals surface area contributed by atoms with Crippen LogP contribution in [0.5, 0.6) is 0 Å². The molecular formula is C11H23N3O. The van der Waals surface area contributed by atoms with E-state index >= 15 is 0 Å². The van der Waals surface area contributed by atoms with Gasteiger partial charge in [-0.3, -0.25) is 4.79 Å². The predicted octanol–water partition coefficient (Wildman–Crippen LogP) is 0.00440. The van der Waals surface area contributed by atoms with E-state index in [-0.39, 0.29) is 5.92 Å². The molecule has 0 aliphatic carbocycles. The van der Waals surface area contributed by atoms with Crippen molar-refractivity contribution in [1.29, 1.82) is 0 Å². The molecule has 0 bridgehead atoms. The highest BCUT2D eigenvalue weighted by Crippen LogP contribution is 2.11. The number of hydrogen-bond acceptors (Lipinski definition) is 3. The lowest BCUT2D eigenvalue weighted by molar-refractivity contribution is -0.139. The van der Waals surface area contributed by atoms with E-state index in [9.17, 15) is 4.79 Å². The predicted molar refractivity (Wildman–Crippen MR) is 61.8 cm³/mol. The second kappa shape index (κ2) is 5.47. The summed E-state index contributed by atoms with van der Waals surface area (Å²) in [5.74, 6) is 0.528. The Hall–Kier alpha value is -0.610. The molecule has 88 valence electrons. The average Bonchev–Trinajstić information content (AvgIpc) is 1.99. The van der Waals surface area contributed by atoms with Crippen molar-refractivity contribution in [1.82, 2.24) is 15.1 Å². The third-order valence-electron chi connectivity index (χ3n) is 2.92. The summed E-state index contributed by atoms with van der Waals surface area (Å²) in [6, 6.07) is 0.304. The van der Waals surface area contributed by atoms with E-state index in [1.807, 2.05) is 19.0 Å². The minimum atomic E-state index is 0.217. The Bertz CT molecular complexity index is 214. The van der Waals surface area contributed by atoms with Gasteiger partial charge >= 0.3 is 0 Å². The second-order valence-corrected chi connectivity index (χ2v) is 4.59. The summed E-state index contributed by atoms with van der Waals surface area (Å²) in [6.07, 6.45) is 0. The first-order valence-corrected chi connectivity index (χ1v) is 5.72. The lowest BCUT2D eigenvalue weighted by atomic mass is 10.0. The van der Waals surface area contributed by atoms with Gasteiger partial charge in [-0.25, -0.2) is 0 Å². The molecule has 0 radical (unpaired) electrons. The molecule has 1 atom stereocenters. The molecule has 1 saturated heterocycles. The van der Waals surface area contributed by atoms with E-state index in [4.69, 9.17) is 0 Å². The Balaban J connectivity index is 2.49. The first-order chi connectivity index (χ1) is 7.06. The van der Waals surface area contributed by atoms with Gasteiger partial charge in [-0.05, 0) is 27.9 Å². The molecule has 1 aliphatic heterocycles. The summed E-state index contributed by atoms with van der Waals surface area (Å²) in [7, 11) is 4.08. The highest BCUT2D eigenvalue weighted by atomic mass is 16.2. The zero-order valence-corrected chi connectivity index (χ0v) is 10.3. The molecule has 0 spiro atoms. The number of carbonyl (C=O) groups excluding carboxylic acids is 1. The van der Waals surface area contributed by atoms with Crippen LogP contribution >= 0.6 is 0 Å². The summed E-state index contributed by atoms with van der Waals surface area (Å²) in [4.78, 5) is 16.2. The maximum atomic E-state index is 12.0. The quantitative estimate of drug-likeness (QED) is 0.698. The van der Waals surface area contributed by atoms with Gasteiger partial charge < -0.3 is 15.1 Å². The Morgan fingerprint density at radius 2 is 2.07 bits per heavy atom. The molecule has 1 unspecified atom stereocenters. The summed E-state index contributed by atoms with van der Waals surface area (Å²) in [5, 5.41) is 3.14. The Kier molecular flexibility index (Phi) is 4.54.